The summed E-state index contributed by atoms with van der Waals surface area (Å²) in [5, 5.41) is 14.1. The second-order valence-corrected chi connectivity index (χ2v) is 4.86. The predicted octanol–water partition coefficient (Wildman–Crippen LogP) is 2.61. The number of ketones is 1. The maximum Gasteiger partial charge on any atom is 0.257 e. The maximum atomic E-state index is 12.0. The number of nitrogens with zero attached hydrogens (tertiary/aromatic N) is 1. The van der Waals surface area contributed by atoms with E-state index in [1.807, 2.05) is 0 Å². The molecule has 2 N–H and O–H groups in total. The molecule has 0 bridgehead atoms. The molecule has 1 aromatic carbocycles. The molecule has 19 heavy (non-hydrogen) atoms. The highest BCUT2D eigenvalue weighted by molar-refractivity contribution is 7.14. The zero-order valence-corrected chi connectivity index (χ0v) is 11.2. The fourth-order valence-electron chi connectivity index (χ4n) is 1.53. The number of anilines is 1. The lowest BCUT2D eigenvalue weighted by atomic mass is 10.1. The van der Waals surface area contributed by atoms with Crippen molar-refractivity contribution >= 4 is 28.2 Å². The quantitative estimate of drug-likeness (QED) is 0.844. The molecule has 0 aliphatic heterocycles. The molecule has 1 amide bonds. The summed E-state index contributed by atoms with van der Waals surface area (Å²) in [6.07, 6.45) is 0. The molecular formula is C13H12N2O3S. The van der Waals surface area contributed by atoms with Crippen LogP contribution in [-0.2, 0) is 0 Å². The number of phenolic OH excluding ortho intramolecular Hbond substituents is 1. The molecule has 0 unspecified atom stereocenters. The van der Waals surface area contributed by atoms with E-state index in [1.165, 1.54) is 24.3 Å². The Hall–Kier alpha value is -2.21. The first-order valence-electron chi connectivity index (χ1n) is 5.55. The molecule has 2 aromatic rings. The molecule has 0 atom stereocenters. The zero-order chi connectivity index (χ0) is 14.0. The molecule has 0 fully saturated rings. The van der Waals surface area contributed by atoms with Gasteiger partial charge in [0, 0.05) is 23.4 Å². The van der Waals surface area contributed by atoms with Gasteiger partial charge in [0.05, 0.1) is 0 Å². The Morgan fingerprint density at radius 3 is 2.74 bits per heavy atom. The number of nitrogens with one attached hydrogen (secondary N) is 1. The number of benzene rings is 1. The van der Waals surface area contributed by atoms with E-state index in [9.17, 15) is 14.7 Å². The second-order valence-electron chi connectivity index (χ2n) is 4.00. The Labute approximate surface area is 113 Å². The van der Waals surface area contributed by atoms with Crippen LogP contribution in [0.5, 0.6) is 5.75 Å². The van der Waals surface area contributed by atoms with Gasteiger partial charge in [-0.1, -0.05) is 6.07 Å². The van der Waals surface area contributed by atoms with Crippen molar-refractivity contribution in [3.63, 3.8) is 0 Å². The highest BCUT2D eigenvalue weighted by atomic mass is 32.1. The predicted molar refractivity (Wildman–Crippen MR) is 72.9 cm³/mol. The number of Topliss-reactive ketones (excluding diaryl/α,β-unsaturated/α-hetero) is 1. The van der Waals surface area contributed by atoms with Crippen LogP contribution in [0.3, 0.4) is 0 Å². The monoisotopic (exact) mass is 276 g/mol. The van der Waals surface area contributed by atoms with Crippen molar-refractivity contribution in [1.29, 1.82) is 0 Å². The molecular weight excluding hydrogens is 264 g/mol. The molecule has 5 nitrogen and oxygen atoms in total. The van der Waals surface area contributed by atoms with E-state index >= 15 is 0 Å². The summed E-state index contributed by atoms with van der Waals surface area (Å²) in [5.74, 6) is -0.445. The third-order valence-electron chi connectivity index (χ3n) is 2.64. The summed E-state index contributed by atoms with van der Waals surface area (Å²) in [6.45, 7) is 3.08. The Morgan fingerprint density at radius 2 is 2.11 bits per heavy atom. The van der Waals surface area contributed by atoms with E-state index < -0.39 is 0 Å². The Bertz CT molecular complexity index is 649. The summed E-state index contributed by atoms with van der Waals surface area (Å²) in [4.78, 5) is 27.1. The smallest absolute Gasteiger partial charge is 0.257 e. The summed E-state index contributed by atoms with van der Waals surface area (Å²) in [5.41, 5.74) is 1.20. The summed E-state index contributed by atoms with van der Waals surface area (Å²) < 4.78 is 0. The Morgan fingerprint density at radius 1 is 1.37 bits per heavy atom. The lowest BCUT2D eigenvalue weighted by Crippen LogP contribution is -2.13. The first kappa shape index (κ1) is 13.2. The standard InChI is InChI=1S/C13H12N2O3S/c1-7-9(4-3-5-11(7)17)12(18)15-13-14-10(6-19-13)8(2)16/h3-6,17H,1-2H3,(H,14,15,18). The van der Waals surface area contributed by atoms with Gasteiger partial charge in [0.1, 0.15) is 11.4 Å². The van der Waals surface area contributed by atoms with Crippen molar-refractivity contribution in [2.24, 2.45) is 0 Å². The van der Waals surface area contributed by atoms with Crippen LogP contribution < -0.4 is 5.32 Å². The van der Waals surface area contributed by atoms with Gasteiger partial charge in [-0.25, -0.2) is 4.98 Å². The van der Waals surface area contributed by atoms with Crippen LogP contribution in [-0.4, -0.2) is 21.8 Å². The van der Waals surface area contributed by atoms with Gasteiger partial charge in [-0.05, 0) is 19.1 Å². The highest BCUT2D eigenvalue weighted by Gasteiger charge is 2.14. The normalized spacial score (nSPS) is 10.2. The SMILES string of the molecule is CC(=O)c1csc(NC(=O)c2cccc(O)c2C)n1. The maximum absolute atomic E-state index is 12.0. The van der Waals surface area contributed by atoms with E-state index in [4.69, 9.17) is 0 Å². The third-order valence-corrected chi connectivity index (χ3v) is 3.39. The fourth-order valence-corrected chi connectivity index (χ4v) is 2.27. The second kappa shape index (κ2) is 5.19. The number of hydrogen-bond acceptors (Lipinski definition) is 5. The number of carbonyl (C=O) groups excluding carboxylic acids is 2. The van der Waals surface area contributed by atoms with E-state index in [-0.39, 0.29) is 17.4 Å². The van der Waals surface area contributed by atoms with Crippen LogP contribution in [0.15, 0.2) is 23.6 Å². The summed E-state index contributed by atoms with van der Waals surface area (Å²) in [7, 11) is 0. The highest BCUT2D eigenvalue weighted by Crippen LogP contribution is 2.22. The molecule has 1 heterocycles. The van der Waals surface area contributed by atoms with Gasteiger partial charge in [0.15, 0.2) is 10.9 Å². The number of aromatic hydroxyl groups is 1. The summed E-state index contributed by atoms with van der Waals surface area (Å²) in [6, 6.07) is 4.73. The van der Waals surface area contributed by atoms with Gasteiger partial charge in [-0.15, -0.1) is 11.3 Å². The molecule has 2 rings (SSSR count). The van der Waals surface area contributed by atoms with Gasteiger partial charge in [0.2, 0.25) is 0 Å². The number of carbonyl (C=O) groups is 2. The van der Waals surface area contributed by atoms with Crippen LogP contribution in [0.1, 0.15) is 33.3 Å². The number of hydrogen-bond donors (Lipinski definition) is 2. The van der Waals surface area contributed by atoms with Crippen molar-refractivity contribution in [1.82, 2.24) is 4.98 Å². The lowest BCUT2D eigenvalue weighted by molar-refractivity contribution is 0.100. The zero-order valence-electron chi connectivity index (χ0n) is 10.4. The number of amides is 1. The van der Waals surface area contributed by atoms with Crippen molar-refractivity contribution in [3.8, 4) is 5.75 Å². The molecule has 98 valence electrons. The number of aromatic nitrogens is 1. The topological polar surface area (TPSA) is 79.3 Å². The largest absolute Gasteiger partial charge is 0.508 e. The van der Waals surface area contributed by atoms with Gasteiger partial charge in [-0.2, -0.15) is 0 Å². The van der Waals surface area contributed by atoms with E-state index in [0.717, 1.165) is 0 Å². The van der Waals surface area contributed by atoms with Crippen LogP contribution in [0.4, 0.5) is 5.13 Å². The lowest BCUT2D eigenvalue weighted by Gasteiger charge is -2.06. The fraction of sp³-hybridized carbons (Fsp3) is 0.154. The molecule has 0 aliphatic rings. The minimum atomic E-state index is -0.363. The van der Waals surface area contributed by atoms with Crippen molar-refractivity contribution < 1.29 is 14.7 Å². The van der Waals surface area contributed by atoms with Crippen molar-refractivity contribution in [2.75, 3.05) is 5.32 Å². The van der Waals surface area contributed by atoms with Gasteiger partial charge in [0.25, 0.3) is 5.91 Å². The van der Waals surface area contributed by atoms with E-state index in [1.54, 1.807) is 24.4 Å². The first-order valence-corrected chi connectivity index (χ1v) is 6.43. The number of rotatable bonds is 3. The summed E-state index contributed by atoms with van der Waals surface area (Å²) >= 11 is 1.18. The molecule has 0 radical (unpaired) electrons. The Kier molecular flexibility index (Phi) is 3.62. The molecule has 0 saturated heterocycles. The minimum absolute atomic E-state index is 0.0659. The molecule has 0 spiro atoms. The average molecular weight is 276 g/mol. The van der Waals surface area contributed by atoms with Crippen LogP contribution >= 0.6 is 11.3 Å². The third kappa shape index (κ3) is 2.79. The van der Waals surface area contributed by atoms with Gasteiger partial charge >= 0.3 is 0 Å². The van der Waals surface area contributed by atoms with Gasteiger partial charge < -0.3 is 5.11 Å². The molecule has 0 saturated carbocycles. The molecule has 1 aromatic heterocycles. The van der Waals surface area contributed by atoms with Crippen molar-refractivity contribution in [2.45, 2.75) is 13.8 Å². The van der Waals surface area contributed by atoms with Crippen LogP contribution in [0.25, 0.3) is 0 Å². The molecule has 0 aliphatic carbocycles. The van der Waals surface area contributed by atoms with E-state index in [2.05, 4.69) is 10.3 Å². The Balaban J connectivity index is 2.21. The van der Waals surface area contributed by atoms with Crippen LogP contribution in [0, 0.1) is 6.92 Å². The van der Waals surface area contributed by atoms with Gasteiger partial charge in [-0.3, -0.25) is 14.9 Å². The number of thiazole rings is 1. The first-order chi connectivity index (χ1) is 8.99. The minimum Gasteiger partial charge on any atom is -0.508 e. The van der Waals surface area contributed by atoms with Crippen molar-refractivity contribution in [3.05, 3.63) is 40.4 Å². The average Bonchev–Trinajstić information content (AvgIpc) is 2.81. The van der Waals surface area contributed by atoms with Crippen LogP contribution in [0.2, 0.25) is 0 Å². The molecule has 6 heteroatoms. The van der Waals surface area contributed by atoms with E-state index in [0.29, 0.717) is 22.0 Å². The number of phenols is 1.